The Hall–Kier alpha value is -0.580. The average Bonchev–Trinajstić information content (AvgIpc) is 2.26. The summed E-state index contributed by atoms with van der Waals surface area (Å²) < 4.78 is 11.2. The number of methoxy groups -OCH3 is 1. The Bertz CT molecular complexity index is 350. The third kappa shape index (κ3) is 3.48. The molecule has 0 aliphatic heterocycles. The molecule has 0 fully saturated rings. The van der Waals surface area contributed by atoms with Gasteiger partial charge in [-0.3, -0.25) is 0 Å². The molecule has 15 heavy (non-hydrogen) atoms. The van der Waals surface area contributed by atoms with Gasteiger partial charge in [-0.1, -0.05) is 23.8 Å². The molecule has 0 aliphatic rings. The van der Waals surface area contributed by atoms with Gasteiger partial charge in [-0.25, -0.2) is 0 Å². The molecule has 0 saturated carbocycles. The summed E-state index contributed by atoms with van der Waals surface area (Å²) in [5, 5.41) is 0. The lowest BCUT2D eigenvalue weighted by atomic mass is 10.1. The van der Waals surface area contributed by atoms with Crippen LogP contribution in [0.4, 0.5) is 0 Å². The number of hydrogen-bond acceptors (Lipinski definition) is 4. The molecule has 2 nitrogen and oxygen atoms in total. The summed E-state index contributed by atoms with van der Waals surface area (Å²) in [6.07, 6.45) is 1.96. The fraction of sp³-hybridized carbons (Fsp3) is 0.364. The molecule has 0 atom stereocenters. The number of aryl methyl sites for hydroxylation is 1. The van der Waals surface area contributed by atoms with Crippen LogP contribution < -0.4 is 4.74 Å². The second-order valence-corrected chi connectivity index (χ2v) is 4.53. The molecule has 0 saturated heterocycles. The van der Waals surface area contributed by atoms with Gasteiger partial charge in [-0.15, -0.1) is 11.8 Å². The first-order chi connectivity index (χ1) is 7.19. The standard InChI is InChI=1S/C11H14O2S2/c1-8-4-5-10(13-7-12-2)9(6-8)11(14)15-3/h4-6H,7H2,1-3H3. The van der Waals surface area contributed by atoms with Crippen LogP contribution in [0, 0.1) is 6.92 Å². The highest BCUT2D eigenvalue weighted by atomic mass is 32.2. The molecular formula is C11H14O2S2. The summed E-state index contributed by atoms with van der Waals surface area (Å²) >= 11 is 6.81. The highest BCUT2D eigenvalue weighted by Crippen LogP contribution is 2.24. The molecular weight excluding hydrogens is 228 g/mol. The van der Waals surface area contributed by atoms with Crippen molar-refractivity contribution in [2.75, 3.05) is 20.2 Å². The topological polar surface area (TPSA) is 18.5 Å². The van der Waals surface area contributed by atoms with Crippen LogP contribution in [0.25, 0.3) is 0 Å². The molecule has 0 aromatic heterocycles. The lowest BCUT2D eigenvalue weighted by molar-refractivity contribution is 0.0510. The highest BCUT2D eigenvalue weighted by molar-refractivity contribution is 8.23. The van der Waals surface area contributed by atoms with Crippen molar-refractivity contribution in [3.05, 3.63) is 29.3 Å². The van der Waals surface area contributed by atoms with Crippen LogP contribution in [0.5, 0.6) is 5.75 Å². The number of thiocarbonyl (C=S) groups is 1. The van der Waals surface area contributed by atoms with Crippen molar-refractivity contribution >= 4 is 28.2 Å². The first kappa shape index (κ1) is 12.5. The van der Waals surface area contributed by atoms with Crippen LogP contribution in [-0.2, 0) is 4.74 Å². The molecule has 1 aromatic carbocycles. The predicted octanol–water partition coefficient (Wildman–Crippen LogP) is 3.02. The van der Waals surface area contributed by atoms with Crippen LogP contribution in [0.15, 0.2) is 18.2 Å². The second kappa shape index (κ2) is 6.10. The summed E-state index contributed by atoms with van der Waals surface area (Å²) in [4.78, 5) is 0. The van der Waals surface area contributed by atoms with Crippen molar-refractivity contribution in [3.63, 3.8) is 0 Å². The second-order valence-electron chi connectivity index (χ2n) is 3.04. The van der Waals surface area contributed by atoms with Gasteiger partial charge in [0.05, 0.1) is 4.20 Å². The van der Waals surface area contributed by atoms with Crippen LogP contribution in [0.3, 0.4) is 0 Å². The van der Waals surface area contributed by atoms with E-state index in [0.29, 0.717) is 0 Å². The maximum Gasteiger partial charge on any atom is 0.188 e. The number of benzene rings is 1. The van der Waals surface area contributed by atoms with E-state index in [1.165, 1.54) is 5.56 Å². The van der Waals surface area contributed by atoms with Crippen molar-refractivity contribution in [2.45, 2.75) is 6.92 Å². The third-order valence-corrected chi connectivity index (χ3v) is 3.18. The first-order valence-electron chi connectivity index (χ1n) is 4.49. The molecule has 0 N–H and O–H groups in total. The third-order valence-electron chi connectivity index (χ3n) is 1.87. The summed E-state index contributed by atoms with van der Waals surface area (Å²) in [6, 6.07) is 5.95. The van der Waals surface area contributed by atoms with Crippen molar-refractivity contribution in [2.24, 2.45) is 0 Å². The van der Waals surface area contributed by atoms with Gasteiger partial charge in [0, 0.05) is 12.7 Å². The lowest BCUT2D eigenvalue weighted by Gasteiger charge is -2.11. The largest absolute Gasteiger partial charge is 0.467 e. The molecule has 1 rings (SSSR count). The van der Waals surface area contributed by atoms with Gasteiger partial charge in [-0.05, 0) is 25.3 Å². The van der Waals surface area contributed by atoms with Gasteiger partial charge in [0.25, 0.3) is 0 Å². The molecule has 82 valence electrons. The zero-order valence-electron chi connectivity index (χ0n) is 9.07. The predicted molar refractivity (Wildman–Crippen MR) is 68.9 cm³/mol. The van der Waals surface area contributed by atoms with Crippen molar-refractivity contribution in [1.29, 1.82) is 0 Å². The molecule has 0 spiro atoms. The van der Waals surface area contributed by atoms with E-state index in [1.807, 2.05) is 31.4 Å². The number of rotatable bonds is 4. The average molecular weight is 242 g/mol. The van der Waals surface area contributed by atoms with E-state index in [4.69, 9.17) is 21.7 Å². The van der Waals surface area contributed by atoms with Crippen molar-refractivity contribution < 1.29 is 9.47 Å². The zero-order chi connectivity index (χ0) is 11.3. The van der Waals surface area contributed by atoms with Gasteiger partial charge in [-0.2, -0.15) is 0 Å². The molecule has 0 bridgehead atoms. The van der Waals surface area contributed by atoms with E-state index in [1.54, 1.807) is 18.9 Å². The van der Waals surface area contributed by atoms with Crippen LogP contribution in [0.2, 0.25) is 0 Å². The fourth-order valence-corrected chi connectivity index (χ4v) is 1.70. The minimum Gasteiger partial charge on any atom is -0.467 e. The molecule has 0 unspecified atom stereocenters. The number of hydrogen-bond donors (Lipinski definition) is 0. The first-order valence-corrected chi connectivity index (χ1v) is 6.13. The molecule has 0 aliphatic carbocycles. The maximum atomic E-state index is 5.44. The van der Waals surface area contributed by atoms with Gasteiger partial charge >= 0.3 is 0 Å². The minimum atomic E-state index is 0.243. The molecule has 0 radical (unpaired) electrons. The summed E-state index contributed by atoms with van der Waals surface area (Å²) in [7, 11) is 1.60. The monoisotopic (exact) mass is 242 g/mol. The van der Waals surface area contributed by atoms with Gasteiger partial charge in [0.1, 0.15) is 5.75 Å². The van der Waals surface area contributed by atoms with E-state index in [-0.39, 0.29) is 6.79 Å². The summed E-state index contributed by atoms with van der Waals surface area (Å²) in [6.45, 7) is 2.28. The van der Waals surface area contributed by atoms with E-state index in [2.05, 4.69) is 0 Å². The number of thioether (sulfide) groups is 1. The van der Waals surface area contributed by atoms with Gasteiger partial charge in [0.2, 0.25) is 0 Å². The van der Waals surface area contributed by atoms with Crippen LogP contribution >= 0.6 is 24.0 Å². The fourth-order valence-electron chi connectivity index (χ4n) is 1.16. The minimum absolute atomic E-state index is 0.243. The highest BCUT2D eigenvalue weighted by Gasteiger charge is 2.08. The SMILES string of the molecule is COCOc1ccc(C)cc1C(=S)SC. The Morgan fingerprint density at radius 3 is 2.80 bits per heavy atom. The van der Waals surface area contributed by atoms with Crippen LogP contribution in [0.1, 0.15) is 11.1 Å². The van der Waals surface area contributed by atoms with Gasteiger partial charge < -0.3 is 9.47 Å². The van der Waals surface area contributed by atoms with Gasteiger partial charge in [0.15, 0.2) is 6.79 Å². The Kier molecular flexibility index (Phi) is 5.08. The van der Waals surface area contributed by atoms with Crippen molar-refractivity contribution in [1.82, 2.24) is 0 Å². The van der Waals surface area contributed by atoms with E-state index >= 15 is 0 Å². The van der Waals surface area contributed by atoms with Crippen molar-refractivity contribution in [3.8, 4) is 5.75 Å². The quantitative estimate of drug-likeness (QED) is 0.596. The van der Waals surface area contributed by atoms with E-state index in [9.17, 15) is 0 Å². The maximum absolute atomic E-state index is 5.44. The smallest absolute Gasteiger partial charge is 0.188 e. The Morgan fingerprint density at radius 2 is 2.20 bits per heavy atom. The Labute approximate surface area is 100.0 Å². The lowest BCUT2D eigenvalue weighted by Crippen LogP contribution is -2.03. The summed E-state index contributed by atoms with van der Waals surface area (Å²) in [5.74, 6) is 0.779. The van der Waals surface area contributed by atoms with Crippen LogP contribution in [-0.4, -0.2) is 24.4 Å². The molecule has 4 heteroatoms. The Morgan fingerprint density at radius 1 is 1.47 bits per heavy atom. The normalized spacial score (nSPS) is 10.1. The summed E-state index contributed by atoms with van der Waals surface area (Å²) in [5.41, 5.74) is 2.14. The molecule has 0 amide bonds. The number of ether oxygens (including phenoxy) is 2. The molecule has 0 heterocycles. The molecule has 1 aromatic rings. The van der Waals surface area contributed by atoms with E-state index in [0.717, 1.165) is 15.5 Å². The zero-order valence-corrected chi connectivity index (χ0v) is 10.7. The van der Waals surface area contributed by atoms with E-state index < -0.39 is 0 Å². The Balaban J connectivity index is 2.97.